The van der Waals surface area contributed by atoms with E-state index in [0.717, 1.165) is 24.0 Å². The molecule has 0 heterocycles. The summed E-state index contributed by atoms with van der Waals surface area (Å²) in [6.07, 6.45) is 3.42. The number of hydrogen-bond acceptors (Lipinski definition) is 5. The van der Waals surface area contributed by atoms with E-state index >= 15 is 0 Å². The molecular weight excluding hydrogens is 395 g/mol. The number of anilines is 1. The van der Waals surface area contributed by atoms with Gasteiger partial charge in [-0.2, -0.15) is 5.10 Å². The predicted octanol–water partition coefficient (Wildman–Crippen LogP) is 3.79. The number of carbonyl (C=O) groups is 1. The van der Waals surface area contributed by atoms with Gasteiger partial charge in [-0.25, -0.2) is 13.2 Å². The van der Waals surface area contributed by atoms with Crippen LogP contribution in [0.25, 0.3) is 0 Å². The van der Waals surface area contributed by atoms with Crippen molar-refractivity contribution in [3.63, 3.8) is 0 Å². The average molecular weight is 419 g/mol. The molecule has 6 nitrogen and oxygen atoms in total. The first-order valence-electron chi connectivity index (χ1n) is 8.82. The highest BCUT2D eigenvalue weighted by molar-refractivity contribution is 5.82. The molecule has 0 spiro atoms. The van der Waals surface area contributed by atoms with Gasteiger partial charge >= 0.3 is 0 Å². The number of aldehydes is 1. The first-order valence-corrected chi connectivity index (χ1v) is 8.82. The van der Waals surface area contributed by atoms with Gasteiger partial charge in [-0.05, 0) is 50.3 Å². The lowest BCUT2D eigenvalue weighted by Gasteiger charge is -2.05. The van der Waals surface area contributed by atoms with Gasteiger partial charge in [-0.1, -0.05) is 18.7 Å². The zero-order valence-electron chi connectivity index (χ0n) is 17.0. The lowest BCUT2D eigenvalue weighted by atomic mass is 10.1. The number of allylic oxidation sites excluding steroid dienone is 1. The summed E-state index contributed by atoms with van der Waals surface area (Å²) in [4.78, 5) is 14.7. The SMILES string of the molecule is C=C(/C=N\Nc1cc(C=O)ccc1C)NC=NCc1cc(F)c(F)c(F)c1.CNC. The van der Waals surface area contributed by atoms with Gasteiger partial charge in [0.1, 0.15) is 6.29 Å². The number of benzene rings is 2. The number of carbonyl (C=O) groups excluding carboxylic acids is 1. The van der Waals surface area contributed by atoms with Gasteiger partial charge < -0.3 is 10.6 Å². The molecule has 0 amide bonds. The third-order valence-electron chi connectivity index (χ3n) is 3.46. The number of rotatable bonds is 8. The number of aliphatic imine (C=N–C) groups is 1. The Hall–Kier alpha value is -3.46. The number of halogens is 3. The van der Waals surface area contributed by atoms with Crippen molar-refractivity contribution < 1.29 is 18.0 Å². The summed E-state index contributed by atoms with van der Waals surface area (Å²) >= 11 is 0. The summed E-state index contributed by atoms with van der Waals surface area (Å²) in [5.74, 6) is -4.03. The van der Waals surface area contributed by atoms with Gasteiger partial charge in [0.15, 0.2) is 17.5 Å². The number of nitrogens with one attached hydrogen (secondary N) is 3. The fourth-order valence-corrected chi connectivity index (χ4v) is 2.03. The molecule has 0 aromatic heterocycles. The fraction of sp³-hybridized carbons (Fsp3) is 0.190. The van der Waals surface area contributed by atoms with E-state index in [2.05, 4.69) is 32.7 Å². The zero-order chi connectivity index (χ0) is 22.5. The monoisotopic (exact) mass is 419 g/mol. The van der Waals surface area contributed by atoms with Crippen LogP contribution in [-0.4, -0.2) is 32.9 Å². The van der Waals surface area contributed by atoms with Crippen LogP contribution in [0.15, 0.2) is 52.7 Å². The molecule has 2 aromatic carbocycles. The Kier molecular flexibility index (Phi) is 10.6. The number of hydrogen-bond donors (Lipinski definition) is 3. The van der Waals surface area contributed by atoms with Crippen molar-refractivity contribution in [1.29, 1.82) is 0 Å². The third-order valence-corrected chi connectivity index (χ3v) is 3.46. The van der Waals surface area contributed by atoms with E-state index in [-0.39, 0.29) is 12.1 Å². The maximum atomic E-state index is 13.1. The molecule has 2 rings (SSSR count). The minimum Gasteiger partial charge on any atom is -0.346 e. The van der Waals surface area contributed by atoms with Crippen molar-refractivity contribution in [3.05, 3.63) is 76.7 Å². The topological polar surface area (TPSA) is 77.9 Å². The van der Waals surface area contributed by atoms with Crippen LogP contribution in [0.5, 0.6) is 0 Å². The molecule has 0 aliphatic carbocycles. The predicted molar refractivity (Wildman–Crippen MR) is 114 cm³/mol. The molecule has 0 saturated heterocycles. The van der Waals surface area contributed by atoms with Crippen molar-refractivity contribution in [2.24, 2.45) is 10.1 Å². The summed E-state index contributed by atoms with van der Waals surface area (Å²) in [6, 6.07) is 6.92. The molecule has 160 valence electrons. The molecule has 0 saturated carbocycles. The standard InChI is InChI=1S/C19H17F3N4O.C2H7N/c1-12-3-4-14(10-27)7-18(12)26-25-8-13(2)24-11-23-9-15-5-16(20)19(22)17(21)6-15;1-3-2/h3-8,10-11,26H,2,9H2,1H3,(H,23,24);3H,1-2H3/b25-8-;. The van der Waals surface area contributed by atoms with Crippen LogP contribution in [0.2, 0.25) is 0 Å². The Balaban J connectivity index is 0.00000141. The summed E-state index contributed by atoms with van der Waals surface area (Å²) in [6.45, 7) is 5.54. The van der Waals surface area contributed by atoms with Crippen molar-refractivity contribution in [1.82, 2.24) is 10.6 Å². The Bertz CT molecular complexity index is 906. The molecule has 0 aliphatic rings. The highest BCUT2D eigenvalue weighted by Gasteiger charge is 2.09. The maximum absolute atomic E-state index is 13.1. The lowest BCUT2D eigenvalue weighted by molar-refractivity contribution is 0.112. The minimum absolute atomic E-state index is 0.0402. The molecule has 0 bridgehead atoms. The van der Waals surface area contributed by atoms with Crippen LogP contribution < -0.4 is 16.1 Å². The molecule has 0 unspecified atom stereocenters. The largest absolute Gasteiger partial charge is 0.346 e. The summed E-state index contributed by atoms with van der Waals surface area (Å²) in [7, 11) is 3.75. The Morgan fingerprint density at radius 1 is 1.13 bits per heavy atom. The molecular formula is C21H24F3N5O. The Morgan fingerprint density at radius 3 is 2.37 bits per heavy atom. The number of nitrogens with zero attached hydrogens (tertiary/aromatic N) is 2. The highest BCUT2D eigenvalue weighted by Crippen LogP contribution is 2.16. The average Bonchev–Trinajstić information content (AvgIpc) is 2.71. The van der Waals surface area contributed by atoms with Crippen LogP contribution in [0.4, 0.5) is 18.9 Å². The van der Waals surface area contributed by atoms with E-state index in [0.29, 0.717) is 16.9 Å². The van der Waals surface area contributed by atoms with Crippen molar-refractivity contribution >= 4 is 24.5 Å². The Morgan fingerprint density at radius 2 is 1.77 bits per heavy atom. The van der Waals surface area contributed by atoms with Crippen LogP contribution in [0, 0.1) is 24.4 Å². The van der Waals surface area contributed by atoms with Gasteiger partial charge in [-0.15, -0.1) is 0 Å². The summed E-state index contributed by atoms with van der Waals surface area (Å²) < 4.78 is 39.0. The molecule has 3 N–H and O–H groups in total. The van der Waals surface area contributed by atoms with E-state index in [9.17, 15) is 18.0 Å². The molecule has 30 heavy (non-hydrogen) atoms. The smallest absolute Gasteiger partial charge is 0.194 e. The quantitative estimate of drug-likeness (QED) is 0.200. The molecule has 0 fully saturated rings. The first-order chi connectivity index (χ1) is 14.3. The van der Waals surface area contributed by atoms with Crippen LogP contribution >= 0.6 is 0 Å². The van der Waals surface area contributed by atoms with Crippen LogP contribution in [0.1, 0.15) is 21.5 Å². The third kappa shape index (κ3) is 8.27. The van der Waals surface area contributed by atoms with Gasteiger partial charge in [0.25, 0.3) is 0 Å². The van der Waals surface area contributed by atoms with E-state index in [1.807, 2.05) is 21.0 Å². The molecule has 2 aromatic rings. The van der Waals surface area contributed by atoms with Crippen LogP contribution in [0.3, 0.4) is 0 Å². The maximum Gasteiger partial charge on any atom is 0.194 e. The Labute approximate surface area is 173 Å². The molecule has 9 heteroatoms. The lowest BCUT2D eigenvalue weighted by Crippen LogP contribution is -2.11. The van der Waals surface area contributed by atoms with Gasteiger partial charge in [0.2, 0.25) is 0 Å². The molecule has 0 radical (unpaired) electrons. The zero-order valence-corrected chi connectivity index (χ0v) is 17.0. The van der Waals surface area contributed by atoms with E-state index in [1.165, 1.54) is 12.6 Å². The van der Waals surface area contributed by atoms with Crippen molar-refractivity contribution in [2.75, 3.05) is 19.5 Å². The number of aryl methyl sites for hydroxylation is 1. The second-order valence-corrected chi connectivity index (χ2v) is 6.08. The second kappa shape index (κ2) is 12.9. The van der Waals surface area contributed by atoms with Gasteiger partial charge in [0.05, 0.1) is 30.5 Å². The number of hydrazone groups is 1. The highest BCUT2D eigenvalue weighted by atomic mass is 19.2. The molecule has 0 atom stereocenters. The fourth-order valence-electron chi connectivity index (χ4n) is 2.03. The molecule has 0 aliphatic heterocycles. The van der Waals surface area contributed by atoms with Crippen LogP contribution in [-0.2, 0) is 6.54 Å². The first kappa shape index (κ1) is 24.6. The minimum atomic E-state index is -1.51. The second-order valence-electron chi connectivity index (χ2n) is 6.08. The van der Waals surface area contributed by atoms with E-state index < -0.39 is 17.5 Å². The van der Waals surface area contributed by atoms with Gasteiger partial charge in [-0.3, -0.25) is 15.2 Å². The normalized spacial score (nSPS) is 10.6. The van der Waals surface area contributed by atoms with Gasteiger partial charge in [0, 0.05) is 5.56 Å². The summed E-state index contributed by atoms with van der Waals surface area (Å²) in [5, 5.41) is 9.47. The van der Waals surface area contributed by atoms with E-state index in [1.54, 1.807) is 18.2 Å². The van der Waals surface area contributed by atoms with Crippen molar-refractivity contribution in [2.45, 2.75) is 13.5 Å². The van der Waals surface area contributed by atoms with E-state index in [4.69, 9.17) is 0 Å². The summed E-state index contributed by atoms with van der Waals surface area (Å²) in [5.41, 5.74) is 5.50. The van der Waals surface area contributed by atoms with Crippen molar-refractivity contribution in [3.8, 4) is 0 Å².